The zero-order valence-corrected chi connectivity index (χ0v) is 7.52. The summed E-state index contributed by atoms with van der Waals surface area (Å²) in [4.78, 5) is 0. The van der Waals surface area contributed by atoms with Gasteiger partial charge in [-0.25, -0.2) is 0 Å². The second-order valence-corrected chi connectivity index (χ2v) is 2.70. The van der Waals surface area contributed by atoms with Gasteiger partial charge in [0.1, 0.15) is 6.10 Å². The Morgan fingerprint density at radius 3 is 2.62 bits per heavy atom. The van der Waals surface area contributed by atoms with E-state index in [2.05, 4.69) is 6.58 Å². The molecule has 0 spiro atoms. The summed E-state index contributed by atoms with van der Waals surface area (Å²) in [6.45, 7) is 4.01. The quantitative estimate of drug-likeness (QED) is 0.698. The Balaban J connectivity index is 2.61. The van der Waals surface area contributed by atoms with E-state index < -0.39 is 0 Å². The zero-order chi connectivity index (χ0) is 9.52. The van der Waals surface area contributed by atoms with Gasteiger partial charge in [0.15, 0.2) is 0 Å². The summed E-state index contributed by atoms with van der Waals surface area (Å²) in [5.41, 5.74) is 0.992. The second-order valence-electron chi connectivity index (χ2n) is 2.70. The van der Waals surface area contributed by atoms with E-state index in [9.17, 15) is 0 Å². The van der Waals surface area contributed by atoms with Crippen molar-refractivity contribution in [2.45, 2.75) is 6.10 Å². The molecule has 0 aliphatic carbocycles. The number of benzene rings is 1. The highest BCUT2D eigenvalue weighted by atomic mass is 16.5. The average molecular weight is 178 g/mol. The smallest absolute Gasteiger partial charge is 0.106 e. The normalized spacial score (nSPS) is 12.4. The maximum Gasteiger partial charge on any atom is 0.106 e. The molecule has 0 saturated heterocycles. The molecule has 0 amide bonds. The Bertz CT molecular complexity index is 244. The van der Waals surface area contributed by atoms with Crippen LogP contribution in [0.5, 0.6) is 0 Å². The van der Waals surface area contributed by atoms with Crippen LogP contribution in [0.15, 0.2) is 43.0 Å². The molecule has 1 atom stereocenters. The van der Waals surface area contributed by atoms with Gasteiger partial charge in [-0.1, -0.05) is 36.4 Å². The molecule has 2 nitrogen and oxygen atoms in total. The Kier molecular flexibility index (Phi) is 4.23. The molecule has 0 aliphatic rings. The molecule has 1 rings (SSSR count). The molecular formula is C11H14O2. The molecule has 1 aromatic rings. The number of hydrogen-bond acceptors (Lipinski definition) is 2. The Labute approximate surface area is 78.5 Å². The van der Waals surface area contributed by atoms with Crippen LogP contribution in [0, 0.1) is 0 Å². The minimum Gasteiger partial charge on any atom is -0.393 e. The Morgan fingerprint density at radius 2 is 2.08 bits per heavy atom. The van der Waals surface area contributed by atoms with Gasteiger partial charge in [-0.3, -0.25) is 0 Å². The van der Waals surface area contributed by atoms with Gasteiger partial charge in [-0.05, 0) is 5.56 Å². The molecule has 0 radical (unpaired) electrons. The third kappa shape index (κ3) is 3.01. The van der Waals surface area contributed by atoms with Crippen molar-refractivity contribution in [3.05, 3.63) is 48.6 Å². The van der Waals surface area contributed by atoms with Gasteiger partial charge in [0.05, 0.1) is 13.2 Å². The summed E-state index contributed by atoms with van der Waals surface area (Å²) < 4.78 is 5.36. The molecule has 0 bridgehead atoms. The van der Waals surface area contributed by atoms with E-state index in [0.29, 0.717) is 6.61 Å². The predicted molar refractivity (Wildman–Crippen MR) is 52.4 cm³/mol. The third-order valence-electron chi connectivity index (χ3n) is 1.75. The third-order valence-corrected chi connectivity index (χ3v) is 1.75. The summed E-state index contributed by atoms with van der Waals surface area (Å²) in [5, 5.41) is 9.05. The van der Waals surface area contributed by atoms with Gasteiger partial charge < -0.3 is 9.84 Å². The average Bonchev–Trinajstić information content (AvgIpc) is 2.21. The predicted octanol–water partition coefficient (Wildman–Crippen LogP) is 1.92. The maximum absolute atomic E-state index is 9.05. The number of ether oxygens (including phenoxy) is 1. The molecule has 0 fully saturated rings. The SMILES string of the molecule is C=CCO[C@H](CO)c1ccccc1. The van der Waals surface area contributed by atoms with Crippen molar-refractivity contribution in [2.75, 3.05) is 13.2 Å². The Hall–Kier alpha value is -1.12. The fourth-order valence-corrected chi connectivity index (χ4v) is 1.11. The first kappa shape index (κ1) is 9.96. The molecule has 2 heteroatoms. The molecule has 0 saturated carbocycles. The summed E-state index contributed by atoms with van der Waals surface area (Å²) in [6, 6.07) is 9.66. The summed E-state index contributed by atoms with van der Waals surface area (Å²) in [7, 11) is 0. The van der Waals surface area contributed by atoms with Gasteiger partial charge in [0.2, 0.25) is 0 Å². The van der Waals surface area contributed by atoms with Crippen molar-refractivity contribution in [2.24, 2.45) is 0 Å². The molecule has 70 valence electrons. The van der Waals surface area contributed by atoms with E-state index in [1.165, 1.54) is 0 Å². The van der Waals surface area contributed by atoms with Crippen LogP contribution in [0.4, 0.5) is 0 Å². The highest BCUT2D eigenvalue weighted by Crippen LogP contribution is 2.15. The van der Waals surface area contributed by atoms with Gasteiger partial charge in [-0.15, -0.1) is 6.58 Å². The Morgan fingerprint density at radius 1 is 1.38 bits per heavy atom. The van der Waals surface area contributed by atoms with Crippen LogP contribution >= 0.6 is 0 Å². The molecule has 0 aliphatic heterocycles. The van der Waals surface area contributed by atoms with Gasteiger partial charge in [0.25, 0.3) is 0 Å². The maximum atomic E-state index is 9.05. The van der Waals surface area contributed by atoms with Crippen molar-refractivity contribution in [1.29, 1.82) is 0 Å². The van der Waals surface area contributed by atoms with Gasteiger partial charge in [0, 0.05) is 0 Å². The number of aliphatic hydroxyl groups is 1. The van der Waals surface area contributed by atoms with Gasteiger partial charge >= 0.3 is 0 Å². The first-order chi connectivity index (χ1) is 6.38. The highest BCUT2D eigenvalue weighted by Gasteiger charge is 2.08. The molecule has 0 aromatic heterocycles. The molecule has 1 N–H and O–H groups in total. The van der Waals surface area contributed by atoms with Crippen LogP contribution in [0.2, 0.25) is 0 Å². The van der Waals surface area contributed by atoms with E-state index in [1.807, 2.05) is 30.3 Å². The monoisotopic (exact) mass is 178 g/mol. The van der Waals surface area contributed by atoms with Crippen LogP contribution in [0.1, 0.15) is 11.7 Å². The van der Waals surface area contributed by atoms with E-state index >= 15 is 0 Å². The van der Waals surface area contributed by atoms with E-state index in [1.54, 1.807) is 6.08 Å². The standard InChI is InChI=1S/C11H14O2/c1-2-8-13-11(9-12)10-6-4-3-5-7-10/h2-7,11-12H,1,8-9H2/t11-/m1/s1. The number of hydrogen-bond donors (Lipinski definition) is 1. The van der Waals surface area contributed by atoms with Crippen LogP contribution in [-0.2, 0) is 4.74 Å². The highest BCUT2D eigenvalue weighted by molar-refractivity contribution is 5.17. The van der Waals surface area contributed by atoms with Crippen molar-refractivity contribution >= 4 is 0 Å². The van der Waals surface area contributed by atoms with E-state index in [4.69, 9.17) is 9.84 Å². The molecule has 13 heavy (non-hydrogen) atoms. The molecular weight excluding hydrogens is 164 g/mol. The van der Waals surface area contributed by atoms with Crippen LogP contribution < -0.4 is 0 Å². The van der Waals surface area contributed by atoms with Gasteiger partial charge in [-0.2, -0.15) is 0 Å². The van der Waals surface area contributed by atoms with Crippen molar-refractivity contribution in [1.82, 2.24) is 0 Å². The first-order valence-electron chi connectivity index (χ1n) is 4.26. The largest absolute Gasteiger partial charge is 0.393 e. The minimum atomic E-state index is -0.237. The minimum absolute atomic E-state index is 0.00213. The first-order valence-corrected chi connectivity index (χ1v) is 4.26. The van der Waals surface area contributed by atoms with Crippen molar-refractivity contribution in [3.63, 3.8) is 0 Å². The summed E-state index contributed by atoms with van der Waals surface area (Å²) >= 11 is 0. The molecule has 0 heterocycles. The summed E-state index contributed by atoms with van der Waals surface area (Å²) in [6.07, 6.45) is 1.44. The zero-order valence-electron chi connectivity index (χ0n) is 7.52. The van der Waals surface area contributed by atoms with Crippen LogP contribution in [-0.4, -0.2) is 18.3 Å². The number of aliphatic hydroxyl groups excluding tert-OH is 1. The molecule has 0 unspecified atom stereocenters. The van der Waals surface area contributed by atoms with Crippen LogP contribution in [0.3, 0.4) is 0 Å². The molecule has 1 aromatic carbocycles. The lowest BCUT2D eigenvalue weighted by Gasteiger charge is -2.14. The lowest BCUT2D eigenvalue weighted by Crippen LogP contribution is -2.08. The second kappa shape index (κ2) is 5.51. The fourth-order valence-electron chi connectivity index (χ4n) is 1.11. The fraction of sp³-hybridized carbons (Fsp3) is 0.273. The topological polar surface area (TPSA) is 29.5 Å². The van der Waals surface area contributed by atoms with Crippen molar-refractivity contribution < 1.29 is 9.84 Å². The lowest BCUT2D eigenvalue weighted by molar-refractivity contribution is 0.0275. The number of rotatable bonds is 5. The van der Waals surface area contributed by atoms with E-state index in [0.717, 1.165) is 5.56 Å². The lowest BCUT2D eigenvalue weighted by atomic mass is 10.1. The van der Waals surface area contributed by atoms with Crippen LogP contribution in [0.25, 0.3) is 0 Å². The van der Waals surface area contributed by atoms with Crippen molar-refractivity contribution in [3.8, 4) is 0 Å². The van der Waals surface area contributed by atoms with E-state index in [-0.39, 0.29) is 12.7 Å². The summed E-state index contributed by atoms with van der Waals surface area (Å²) in [5.74, 6) is 0.